The van der Waals surface area contributed by atoms with Crippen LogP contribution in [0.4, 0.5) is 11.4 Å². The predicted octanol–water partition coefficient (Wildman–Crippen LogP) is 2.83. The zero-order chi connectivity index (χ0) is 30.0. The van der Waals surface area contributed by atoms with Crippen LogP contribution in [0.3, 0.4) is 0 Å². The topological polar surface area (TPSA) is 189 Å². The molecule has 0 radical (unpaired) electrons. The minimum absolute atomic E-state index is 0.131. The van der Waals surface area contributed by atoms with Crippen LogP contribution in [0.2, 0.25) is 0 Å². The molecule has 214 valence electrons. The van der Waals surface area contributed by atoms with Gasteiger partial charge in [0.2, 0.25) is 11.9 Å². The van der Waals surface area contributed by atoms with E-state index in [1.54, 1.807) is 72.4 Å². The number of anilines is 2. The Labute approximate surface area is 243 Å². The summed E-state index contributed by atoms with van der Waals surface area (Å²) >= 11 is 0. The molecule has 3 aromatic carbocycles. The molecule has 0 aromatic heterocycles. The number of aliphatic imine (C=N–C) groups is 2. The van der Waals surface area contributed by atoms with E-state index in [-0.39, 0.29) is 35.6 Å². The van der Waals surface area contributed by atoms with Crippen LogP contribution in [0, 0.1) is 10.8 Å². The molecule has 0 fully saturated rings. The van der Waals surface area contributed by atoms with E-state index in [1.807, 2.05) is 24.3 Å². The standard InChI is InChI=1S/C30H32N10O2/c1-39-15-23(25(31)37-29(39)33)17-7-11-21(12-8-17)35-27(41)19-3-5-20(6-4-19)28(42)36-22-13-9-18(10-14-22)24-16-40(2)30(34)38-26(24)32/h3-14,23-24H,15-16H2,1-2H3,(H,35,41)(H,36,42)(H3,31,33,37)(H3,32,34,38). The van der Waals surface area contributed by atoms with Crippen molar-refractivity contribution in [1.82, 2.24) is 9.80 Å². The SMILES string of the molecule is CN1CC(c2ccc(NC(=O)c3ccc(C(=O)Nc4ccc(C5CN(C)C(=N)N=C5N)cc4)cc3)cc2)C(N)=NC1=N. The van der Waals surface area contributed by atoms with Crippen molar-refractivity contribution in [2.24, 2.45) is 21.5 Å². The molecule has 2 amide bonds. The smallest absolute Gasteiger partial charge is 0.255 e. The van der Waals surface area contributed by atoms with E-state index >= 15 is 0 Å². The third-order valence-electron chi connectivity index (χ3n) is 7.37. The van der Waals surface area contributed by atoms with Crippen molar-refractivity contribution in [3.05, 3.63) is 95.1 Å². The number of rotatable bonds is 6. The average molecular weight is 565 g/mol. The molecule has 0 saturated carbocycles. The number of carbonyl (C=O) groups is 2. The van der Waals surface area contributed by atoms with Gasteiger partial charge in [-0.15, -0.1) is 0 Å². The Morgan fingerprint density at radius 3 is 1.33 bits per heavy atom. The van der Waals surface area contributed by atoms with Gasteiger partial charge in [0.15, 0.2) is 0 Å². The summed E-state index contributed by atoms with van der Waals surface area (Å²) < 4.78 is 0. The van der Waals surface area contributed by atoms with Crippen LogP contribution in [-0.4, -0.2) is 72.4 Å². The van der Waals surface area contributed by atoms with Crippen molar-refractivity contribution in [2.75, 3.05) is 37.8 Å². The van der Waals surface area contributed by atoms with Crippen molar-refractivity contribution in [1.29, 1.82) is 10.8 Å². The second-order valence-corrected chi connectivity index (χ2v) is 10.3. The first kappa shape index (κ1) is 28.0. The van der Waals surface area contributed by atoms with Gasteiger partial charge < -0.3 is 31.9 Å². The summed E-state index contributed by atoms with van der Waals surface area (Å²) in [7, 11) is 3.59. The monoisotopic (exact) mass is 564 g/mol. The molecule has 2 heterocycles. The molecular formula is C30H32N10O2. The van der Waals surface area contributed by atoms with E-state index < -0.39 is 0 Å². The summed E-state index contributed by atoms with van der Waals surface area (Å²) in [6, 6.07) is 21.1. The van der Waals surface area contributed by atoms with Crippen LogP contribution >= 0.6 is 0 Å². The number of amides is 2. The van der Waals surface area contributed by atoms with Gasteiger partial charge in [-0.25, -0.2) is 9.98 Å². The molecule has 0 saturated heterocycles. The molecule has 12 nitrogen and oxygen atoms in total. The Morgan fingerprint density at radius 1 is 0.667 bits per heavy atom. The van der Waals surface area contributed by atoms with Crippen LogP contribution in [0.25, 0.3) is 0 Å². The Balaban J connectivity index is 1.17. The van der Waals surface area contributed by atoms with Crippen LogP contribution in [0.15, 0.2) is 82.8 Å². The van der Waals surface area contributed by atoms with E-state index in [2.05, 4.69) is 20.6 Å². The van der Waals surface area contributed by atoms with E-state index in [1.165, 1.54) is 0 Å². The molecule has 12 heteroatoms. The molecule has 2 aliphatic rings. The highest BCUT2D eigenvalue weighted by Crippen LogP contribution is 2.24. The number of amidine groups is 2. The summed E-state index contributed by atoms with van der Waals surface area (Å²) in [5.74, 6) is 0.200. The molecule has 3 aromatic rings. The van der Waals surface area contributed by atoms with Gasteiger partial charge in [0, 0.05) is 49.7 Å². The molecule has 2 aliphatic heterocycles. The van der Waals surface area contributed by atoms with E-state index in [9.17, 15) is 9.59 Å². The second kappa shape index (κ2) is 11.5. The maximum Gasteiger partial charge on any atom is 0.255 e. The fourth-order valence-corrected chi connectivity index (χ4v) is 4.81. The third-order valence-corrected chi connectivity index (χ3v) is 7.37. The highest BCUT2D eigenvalue weighted by molar-refractivity contribution is 6.07. The predicted molar refractivity (Wildman–Crippen MR) is 165 cm³/mol. The van der Waals surface area contributed by atoms with Crippen molar-refractivity contribution in [2.45, 2.75) is 11.8 Å². The molecule has 8 N–H and O–H groups in total. The molecule has 42 heavy (non-hydrogen) atoms. The Kier molecular flexibility index (Phi) is 7.69. The Bertz CT molecular complexity index is 1470. The van der Waals surface area contributed by atoms with Crippen molar-refractivity contribution >= 4 is 46.8 Å². The molecular weight excluding hydrogens is 532 g/mol. The highest BCUT2D eigenvalue weighted by Gasteiger charge is 2.25. The lowest BCUT2D eigenvalue weighted by Crippen LogP contribution is -2.41. The van der Waals surface area contributed by atoms with Crippen molar-refractivity contribution < 1.29 is 9.59 Å². The molecule has 0 spiro atoms. The van der Waals surface area contributed by atoms with Gasteiger partial charge in [-0.3, -0.25) is 20.4 Å². The second-order valence-electron chi connectivity index (χ2n) is 10.3. The maximum absolute atomic E-state index is 12.8. The lowest BCUT2D eigenvalue weighted by molar-refractivity contribution is 0.101. The first-order valence-corrected chi connectivity index (χ1v) is 13.3. The minimum Gasteiger partial charge on any atom is -0.386 e. The summed E-state index contributed by atoms with van der Waals surface area (Å²) in [5.41, 5.74) is 16.0. The van der Waals surface area contributed by atoms with Crippen LogP contribution in [0.5, 0.6) is 0 Å². The summed E-state index contributed by atoms with van der Waals surface area (Å²) in [4.78, 5) is 37.3. The number of benzene rings is 3. The van der Waals surface area contributed by atoms with E-state index in [4.69, 9.17) is 22.3 Å². The quantitative estimate of drug-likeness (QED) is 0.267. The normalized spacial score (nSPS) is 18.7. The van der Waals surface area contributed by atoms with Gasteiger partial charge in [-0.2, -0.15) is 0 Å². The summed E-state index contributed by atoms with van der Waals surface area (Å²) in [6.45, 7) is 1.11. The number of nitrogens with zero attached hydrogens (tertiary/aromatic N) is 4. The number of carbonyl (C=O) groups excluding carboxylic acids is 2. The molecule has 5 rings (SSSR count). The number of likely N-dealkylation sites (N-methyl/N-ethyl adjacent to an activating group) is 2. The zero-order valence-corrected chi connectivity index (χ0v) is 23.3. The maximum atomic E-state index is 12.8. The van der Waals surface area contributed by atoms with Gasteiger partial charge in [0.1, 0.15) is 11.7 Å². The largest absolute Gasteiger partial charge is 0.386 e. The fraction of sp³-hybridized carbons (Fsp3) is 0.200. The van der Waals surface area contributed by atoms with Crippen LogP contribution < -0.4 is 22.1 Å². The molecule has 2 unspecified atom stereocenters. The van der Waals surface area contributed by atoms with Crippen molar-refractivity contribution in [3.63, 3.8) is 0 Å². The molecule has 0 aliphatic carbocycles. The molecule has 2 atom stereocenters. The highest BCUT2D eigenvalue weighted by atomic mass is 16.2. The first-order valence-electron chi connectivity index (χ1n) is 13.3. The summed E-state index contributed by atoms with van der Waals surface area (Å²) in [5, 5.41) is 21.3. The number of guanidine groups is 2. The van der Waals surface area contributed by atoms with E-state index in [0.717, 1.165) is 11.1 Å². The van der Waals surface area contributed by atoms with Gasteiger partial charge in [-0.05, 0) is 59.7 Å². The Morgan fingerprint density at radius 2 is 1.00 bits per heavy atom. The van der Waals surface area contributed by atoms with Crippen LogP contribution in [0.1, 0.15) is 43.7 Å². The van der Waals surface area contributed by atoms with Crippen molar-refractivity contribution in [3.8, 4) is 0 Å². The van der Waals surface area contributed by atoms with Crippen LogP contribution in [-0.2, 0) is 0 Å². The van der Waals surface area contributed by atoms with Gasteiger partial charge in [-0.1, -0.05) is 24.3 Å². The fourth-order valence-electron chi connectivity index (χ4n) is 4.81. The summed E-state index contributed by atoms with van der Waals surface area (Å²) in [6.07, 6.45) is 0. The zero-order valence-electron chi connectivity index (χ0n) is 23.3. The number of hydrogen-bond acceptors (Lipinski definition) is 6. The third kappa shape index (κ3) is 5.97. The van der Waals surface area contributed by atoms with Gasteiger partial charge in [0.05, 0.1) is 11.8 Å². The lowest BCUT2D eigenvalue weighted by atomic mass is 9.96. The Hall–Kier alpha value is -5.52. The molecule has 0 bridgehead atoms. The number of hydrogen-bond donors (Lipinski definition) is 6. The van der Waals surface area contributed by atoms with Gasteiger partial charge >= 0.3 is 0 Å². The van der Waals surface area contributed by atoms with Gasteiger partial charge in [0.25, 0.3) is 11.8 Å². The first-order chi connectivity index (χ1) is 20.1. The van der Waals surface area contributed by atoms with E-state index in [0.29, 0.717) is 47.3 Å². The minimum atomic E-state index is -0.302. The average Bonchev–Trinajstić information content (AvgIpc) is 2.98. The number of nitrogens with one attached hydrogen (secondary N) is 4. The lowest BCUT2D eigenvalue weighted by Gasteiger charge is -2.29. The number of nitrogens with two attached hydrogens (primary N) is 2.